The predicted octanol–water partition coefficient (Wildman–Crippen LogP) is 4.60. The van der Waals surface area contributed by atoms with Gasteiger partial charge in [0.25, 0.3) is 0 Å². The maximum absolute atomic E-state index is 12.6. The number of aliphatic carboxylic acids is 1. The summed E-state index contributed by atoms with van der Waals surface area (Å²) in [7, 11) is 1.99. The number of ether oxygens (including phenoxy) is 1. The SMILES string of the molecule is CN1CC(C[C@H](NC(=O)OCC2c3ccccc3-c3ccccc32)C(=O)O)c2ccccc21. The van der Waals surface area contributed by atoms with Crippen LogP contribution in [0.4, 0.5) is 10.5 Å². The summed E-state index contributed by atoms with van der Waals surface area (Å²) in [5, 5.41) is 12.3. The van der Waals surface area contributed by atoms with Crippen molar-refractivity contribution in [3.05, 3.63) is 89.5 Å². The molecular weight excluding hydrogens is 416 g/mol. The van der Waals surface area contributed by atoms with Crippen molar-refractivity contribution in [3.8, 4) is 11.1 Å². The fourth-order valence-corrected chi connectivity index (χ4v) is 5.20. The molecule has 2 atom stereocenters. The van der Waals surface area contributed by atoms with Crippen LogP contribution in [0.5, 0.6) is 0 Å². The maximum atomic E-state index is 12.6. The van der Waals surface area contributed by atoms with Gasteiger partial charge in [-0.25, -0.2) is 9.59 Å². The standard InChI is InChI=1S/C27H26N2O4/c1-29-15-17(18-8-6-7-13-25(18)29)14-24(26(30)31)28-27(32)33-16-23-21-11-4-2-9-19(21)20-10-3-5-12-22(20)23/h2-13,17,23-24H,14-16H2,1H3,(H,28,32)(H,30,31)/t17?,24-/m0/s1. The van der Waals surface area contributed by atoms with Crippen molar-refractivity contribution < 1.29 is 19.4 Å². The number of rotatable bonds is 6. The number of para-hydroxylation sites is 1. The number of benzene rings is 3. The van der Waals surface area contributed by atoms with Gasteiger partial charge in [-0.1, -0.05) is 66.7 Å². The minimum Gasteiger partial charge on any atom is -0.480 e. The number of likely N-dealkylation sites (N-methyl/N-ethyl adjacent to an activating group) is 1. The van der Waals surface area contributed by atoms with Crippen molar-refractivity contribution in [1.29, 1.82) is 0 Å². The molecule has 0 spiro atoms. The van der Waals surface area contributed by atoms with Crippen LogP contribution in [0.3, 0.4) is 0 Å². The van der Waals surface area contributed by atoms with Crippen LogP contribution in [0.25, 0.3) is 11.1 Å². The molecule has 2 aliphatic rings. The minimum absolute atomic E-state index is 0.0289. The number of hydrogen-bond donors (Lipinski definition) is 2. The molecule has 1 unspecified atom stereocenters. The van der Waals surface area contributed by atoms with Crippen molar-refractivity contribution in [2.24, 2.45) is 0 Å². The number of amides is 1. The molecule has 1 heterocycles. The summed E-state index contributed by atoms with van der Waals surface area (Å²) in [6.07, 6.45) is -0.398. The molecule has 1 amide bonds. The molecule has 6 heteroatoms. The predicted molar refractivity (Wildman–Crippen MR) is 127 cm³/mol. The molecule has 0 radical (unpaired) electrons. The van der Waals surface area contributed by atoms with Gasteiger partial charge in [-0.2, -0.15) is 0 Å². The van der Waals surface area contributed by atoms with Crippen LogP contribution in [0.2, 0.25) is 0 Å². The zero-order chi connectivity index (χ0) is 22.9. The number of hydrogen-bond acceptors (Lipinski definition) is 4. The highest BCUT2D eigenvalue weighted by molar-refractivity contribution is 5.81. The number of carboxylic acids is 1. The van der Waals surface area contributed by atoms with Gasteiger partial charge in [0.2, 0.25) is 0 Å². The Labute approximate surface area is 192 Å². The van der Waals surface area contributed by atoms with Gasteiger partial charge in [0.15, 0.2) is 0 Å². The van der Waals surface area contributed by atoms with Gasteiger partial charge in [-0.05, 0) is 40.3 Å². The summed E-state index contributed by atoms with van der Waals surface area (Å²) in [5.41, 5.74) is 6.75. The average molecular weight is 443 g/mol. The summed E-state index contributed by atoms with van der Waals surface area (Å²) in [6, 6.07) is 23.2. The van der Waals surface area contributed by atoms with Gasteiger partial charge in [0.1, 0.15) is 12.6 Å². The molecule has 33 heavy (non-hydrogen) atoms. The highest BCUT2D eigenvalue weighted by Gasteiger charge is 2.33. The van der Waals surface area contributed by atoms with Crippen LogP contribution in [0, 0.1) is 0 Å². The Bertz CT molecular complexity index is 1160. The summed E-state index contributed by atoms with van der Waals surface area (Å²) in [5.74, 6) is -1.10. The Hall–Kier alpha value is -3.80. The van der Waals surface area contributed by atoms with Crippen molar-refractivity contribution >= 4 is 17.7 Å². The number of nitrogens with one attached hydrogen (secondary N) is 1. The first-order valence-electron chi connectivity index (χ1n) is 11.2. The molecule has 0 saturated heterocycles. The molecule has 1 aliphatic carbocycles. The Morgan fingerprint density at radius 1 is 0.970 bits per heavy atom. The van der Waals surface area contributed by atoms with Crippen molar-refractivity contribution in [2.75, 3.05) is 25.1 Å². The van der Waals surface area contributed by atoms with Gasteiger partial charge in [0, 0.05) is 31.1 Å². The topological polar surface area (TPSA) is 78.9 Å². The number of nitrogens with zero attached hydrogens (tertiary/aromatic N) is 1. The zero-order valence-corrected chi connectivity index (χ0v) is 18.4. The molecule has 0 saturated carbocycles. The second-order valence-corrected chi connectivity index (χ2v) is 8.73. The van der Waals surface area contributed by atoms with Crippen LogP contribution >= 0.6 is 0 Å². The smallest absolute Gasteiger partial charge is 0.407 e. The molecule has 3 aromatic carbocycles. The number of fused-ring (bicyclic) bond motifs is 4. The molecule has 0 aromatic heterocycles. The third-order valence-corrected chi connectivity index (χ3v) is 6.74. The van der Waals surface area contributed by atoms with E-state index in [2.05, 4.69) is 34.5 Å². The molecule has 3 aromatic rings. The molecule has 0 bridgehead atoms. The van der Waals surface area contributed by atoms with Gasteiger partial charge in [0.05, 0.1) is 0 Å². The molecule has 168 valence electrons. The van der Waals surface area contributed by atoms with E-state index >= 15 is 0 Å². The second-order valence-electron chi connectivity index (χ2n) is 8.73. The Morgan fingerprint density at radius 3 is 2.18 bits per heavy atom. The van der Waals surface area contributed by atoms with Crippen LogP contribution in [-0.4, -0.2) is 43.4 Å². The van der Waals surface area contributed by atoms with Gasteiger partial charge in [-0.3, -0.25) is 0 Å². The Balaban J connectivity index is 1.25. The second kappa shape index (κ2) is 8.62. The number of carbonyl (C=O) groups excluding carboxylic acids is 1. The van der Waals surface area contributed by atoms with E-state index < -0.39 is 18.1 Å². The molecule has 2 N–H and O–H groups in total. The normalized spacial score (nSPS) is 17.1. The first kappa shape index (κ1) is 21.1. The van der Waals surface area contributed by atoms with Gasteiger partial charge in [-0.15, -0.1) is 0 Å². The van der Waals surface area contributed by atoms with Crippen molar-refractivity contribution in [3.63, 3.8) is 0 Å². The average Bonchev–Trinajstić information content (AvgIpc) is 3.32. The highest BCUT2D eigenvalue weighted by Crippen LogP contribution is 2.44. The van der Waals surface area contributed by atoms with E-state index in [1.807, 2.05) is 55.6 Å². The molecule has 1 aliphatic heterocycles. The van der Waals surface area contributed by atoms with Crippen molar-refractivity contribution in [2.45, 2.75) is 24.3 Å². The van der Waals surface area contributed by atoms with E-state index in [4.69, 9.17) is 4.74 Å². The lowest BCUT2D eigenvalue weighted by molar-refractivity contribution is -0.139. The first-order chi connectivity index (χ1) is 16.0. The molecule has 0 fully saturated rings. The number of anilines is 1. The first-order valence-corrected chi connectivity index (χ1v) is 11.2. The number of carboxylic acid groups (broad SMARTS) is 1. The van der Waals surface area contributed by atoms with Crippen LogP contribution < -0.4 is 10.2 Å². The highest BCUT2D eigenvalue weighted by atomic mass is 16.5. The van der Waals surface area contributed by atoms with E-state index in [0.29, 0.717) is 6.42 Å². The third-order valence-electron chi connectivity index (χ3n) is 6.74. The quantitative estimate of drug-likeness (QED) is 0.583. The Kier molecular flexibility index (Phi) is 5.50. The van der Waals surface area contributed by atoms with Crippen LogP contribution in [0.1, 0.15) is 34.9 Å². The summed E-state index contributed by atoms with van der Waals surface area (Å²) < 4.78 is 5.55. The van der Waals surface area contributed by atoms with Crippen molar-refractivity contribution in [1.82, 2.24) is 5.32 Å². The lowest BCUT2D eigenvalue weighted by Gasteiger charge is -2.20. The Morgan fingerprint density at radius 2 is 1.55 bits per heavy atom. The van der Waals surface area contributed by atoms with E-state index in [1.165, 1.54) is 0 Å². The monoisotopic (exact) mass is 442 g/mol. The molecule has 5 rings (SSSR count). The third kappa shape index (κ3) is 3.93. The zero-order valence-electron chi connectivity index (χ0n) is 18.4. The largest absolute Gasteiger partial charge is 0.480 e. The number of carbonyl (C=O) groups is 2. The fourth-order valence-electron chi connectivity index (χ4n) is 5.20. The van der Waals surface area contributed by atoms with E-state index in [1.54, 1.807) is 0 Å². The van der Waals surface area contributed by atoms with Crippen LogP contribution in [-0.2, 0) is 9.53 Å². The van der Waals surface area contributed by atoms with Gasteiger partial charge < -0.3 is 20.1 Å². The molecular formula is C27H26N2O4. The lowest BCUT2D eigenvalue weighted by Crippen LogP contribution is -2.42. The summed E-state index contributed by atoms with van der Waals surface area (Å²) in [4.78, 5) is 26.7. The summed E-state index contributed by atoms with van der Waals surface area (Å²) >= 11 is 0. The van der Waals surface area contributed by atoms with E-state index in [0.717, 1.165) is 40.0 Å². The lowest BCUT2D eigenvalue weighted by atomic mass is 9.94. The fraction of sp³-hybridized carbons (Fsp3) is 0.259. The van der Waals surface area contributed by atoms with Gasteiger partial charge >= 0.3 is 12.1 Å². The molecule has 6 nitrogen and oxygen atoms in total. The van der Waals surface area contributed by atoms with Crippen LogP contribution in [0.15, 0.2) is 72.8 Å². The van der Waals surface area contributed by atoms with E-state index in [9.17, 15) is 14.7 Å². The minimum atomic E-state index is -1.06. The maximum Gasteiger partial charge on any atom is 0.407 e. The summed E-state index contributed by atoms with van der Waals surface area (Å²) in [6.45, 7) is 0.872. The number of alkyl carbamates (subject to hydrolysis) is 1. The van der Waals surface area contributed by atoms with E-state index in [-0.39, 0.29) is 18.4 Å².